The topological polar surface area (TPSA) is 97.2 Å². The molecule has 0 bridgehead atoms. The van der Waals surface area contributed by atoms with Crippen molar-refractivity contribution in [2.45, 2.75) is 26.0 Å². The predicted molar refractivity (Wildman–Crippen MR) is 177 cm³/mol. The van der Waals surface area contributed by atoms with Crippen LogP contribution in [0.4, 0.5) is 5.82 Å². The Hall–Kier alpha value is -4.77. The molecule has 0 N–H and O–H groups in total. The van der Waals surface area contributed by atoms with E-state index in [-0.39, 0.29) is 42.1 Å². The number of ether oxygens (including phenoxy) is 2. The molecular formula is C35H35N5O5S. The van der Waals surface area contributed by atoms with E-state index in [9.17, 15) is 14.4 Å². The standard InChI is InChI=1S/C35H35N5O5S/c1-22-8-7-11-27(23(22)2)40-35-32(33(36-40)25-9-5-4-6-10-25)34(26-12-13-28-29(18-26)45-21-44-28)46-20-31(43)39(35)19-30(42)38-16-14-37(15-17-38)24(3)41/h4-13,18,34H,14-17,19-21H2,1-3H3. The largest absolute Gasteiger partial charge is 0.454 e. The van der Waals surface area contributed by atoms with Crippen LogP contribution in [0, 0.1) is 13.8 Å². The van der Waals surface area contributed by atoms with Gasteiger partial charge in [-0.25, -0.2) is 4.68 Å². The van der Waals surface area contributed by atoms with Crippen LogP contribution in [0.2, 0.25) is 0 Å². The molecule has 3 aromatic carbocycles. The summed E-state index contributed by atoms with van der Waals surface area (Å²) in [6.07, 6.45) is 0. The van der Waals surface area contributed by atoms with Gasteiger partial charge in [-0.05, 0) is 48.7 Å². The summed E-state index contributed by atoms with van der Waals surface area (Å²) in [4.78, 5) is 45.1. The molecular weight excluding hydrogens is 602 g/mol. The van der Waals surface area contributed by atoms with Gasteiger partial charge in [-0.2, -0.15) is 5.10 Å². The minimum atomic E-state index is -0.290. The summed E-state index contributed by atoms with van der Waals surface area (Å²) in [7, 11) is 0. The molecule has 46 heavy (non-hydrogen) atoms. The van der Waals surface area contributed by atoms with Crippen molar-refractivity contribution in [2.75, 3.05) is 50.2 Å². The number of carbonyl (C=O) groups excluding carboxylic acids is 3. The summed E-state index contributed by atoms with van der Waals surface area (Å²) in [6.45, 7) is 7.47. The highest BCUT2D eigenvalue weighted by molar-refractivity contribution is 8.00. The molecule has 3 aliphatic rings. The number of amides is 3. The van der Waals surface area contributed by atoms with Crippen LogP contribution in [0.5, 0.6) is 11.5 Å². The van der Waals surface area contributed by atoms with Gasteiger partial charge in [0.25, 0.3) is 0 Å². The van der Waals surface area contributed by atoms with Crippen molar-refractivity contribution in [1.82, 2.24) is 19.6 Å². The first-order valence-corrected chi connectivity index (χ1v) is 16.4. The second-order valence-electron chi connectivity index (χ2n) is 11.8. The van der Waals surface area contributed by atoms with Gasteiger partial charge in [0.1, 0.15) is 12.4 Å². The smallest absolute Gasteiger partial charge is 0.242 e. The fourth-order valence-corrected chi connectivity index (χ4v) is 7.49. The summed E-state index contributed by atoms with van der Waals surface area (Å²) in [5.74, 6) is 1.76. The average Bonchev–Trinajstić information content (AvgIpc) is 3.67. The Kier molecular flexibility index (Phi) is 7.94. The second kappa shape index (κ2) is 12.2. The SMILES string of the molecule is CC(=O)N1CCN(C(=O)CN2C(=O)CSC(c3ccc4c(c3)OCO4)c3c(-c4ccccc4)nn(-c4cccc(C)c4C)c32)CC1. The van der Waals surface area contributed by atoms with Gasteiger partial charge in [0.05, 0.1) is 22.4 Å². The fourth-order valence-electron chi connectivity index (χ4n) is 6.31. The summed E-state index contributed by atoms with van der Waals surface area (Å²) in [5.41, 5.74) is 6.43. The molecule has 0 saturated carbocycles. The molecule has 1 saturated heterocycles. The molecule has 4 heterocycles. The number of nitrogens with zero attached hydrogens (tertiary/aromatic N) is 5. The van der Waals surface area contributed by atoms with E-state index in [4.69, 9.17) is 14.6 Å². The quantitative estimate of drug-likeness (QED) is 0.312. The van der Waals surface area contributed by atoms with Crippen LogP contribution >= 0.6 is 11.8 Å². The number of hydrogen-bond donors (Lipinski definition) is 0. The summed E-state index contributed by atoms with van der Waals surface area (Å²) in [5, 5.41) is 4.95. The normalized spacial score (nSPS) is 17.6. The Labute approximate surface area is 271 Å². The lowest BCUT2D eigenvalue weighted by molar-refractivity contribution is -0.137. The average molecular weight is 638 g/mol. The van der Waals surface area contributed by atoms with E-state index >= 15 is 0 Å². The molecule has 7 rings (SSSR count). The molecule has 1 fully saturated rings. The molecule has 3 amide bonds. The molecule has 0 aliphatic carbocycles. The highest BCUT2D eigenvalue weighted by Crippen LogP contribution is 2.50. The van der Waals surface area contributed by atoms with Crippen LogP contribution in [-0.2, 0) is 14.4 Å². The van der Waals surface area contributed by atoms with E-state index in [1.54, 1.807) is 21.6 Å². The zero-order valence-electron chi connectivity index (χ0n) is 26.1. The van der Waals surface area contributed by atoms with Gasteiger partial charge in [-0.1, -0.05) is 48.5 Å². The Balaban J connectivity index is 1.41. The highest BCUT2D eigenvalue weighted by Gasteiger charge is 2.39. The van der Waals surface area contributed by atoms with Crippen molar-refractivity contribution < 1.29 is 23.9 Å². The Morgan fingerprint density at radius 1 is 0.913 bits per heavy atom. The molecule has 10 nitrogen and oxygen atoms in total. The number of piperazine rings is 1. The van der Waals surface area contributed by atoms with Crippen molar-refractivity contribution in [3.8, 4) is 28.4 Å². The van der Waals surface area contributed by atoms with Gasteiger partial charge in [0.2, 0.25) is 24.5 Å². The van der Waals surface area contributed by atoms with E-state index in [2.05, 4.69) is 13.0 Å². The second-order valence-corrected chi connectivity index (χ2v) is 12.8. The lowest BCUT2D eigenvalue weighted by Gasteiger charge is -2.35. The van der Waals surface area contributed by atoms with Crippen LogP contribution in [0.1, 0.15) is 34.4 Å². The maximum absolute atomic E-state index is 14.2. The number of anilines is 1. The van der Waals surface area contributed by atoms with Crippen molar-refractivity contribution in [1.29, 1.82) is 0 Å². The number of carbonyl (C=O) groups is 3. The van der Waals surface area contributed by atoms with Crippen molar-refractivity contribution in [3.63, 3.8) is 0 Å². The van der Waals surface area contributed by atoms with Gasteiger partial charge >= 0.3 is 0 Å². The van der Waals surface area contributed by atoms with E-state index in [0.717, 1.165) is 39.2 Å². The Bertz CT molecular complexity index is 1830. The maximum Gasteiger partial charge on any atom is 0.242 e. The zero-order chi connectivity index (χ0) is 31.9. The predicted octanol–water partition coefficient (Wildman–Crippen LogP) is 4.74. The lowest BCUT2D eigenvalue weighted by atomic mass is 9.99. The number of fused-ring (bicyclic) bond motifs is 2. The third kappa shape index (κ3) is 5.38. The minimum Gasteiger partial charge on any atom is -0.454 e. The van der Waals surface area contributed by atoms with E-state index in [1.165, 1.54) is 11.8 Å². The highest BCUT2D eigenvalue weighted by atomic mass is 32.2. The molecule has 4 aromatic rings. The van der Waals surface area contributed by atoms with Gasteiger partial charge in [-0.15, -0.1) is 11.8 Å². The van der Waals surface area contributed by atoms with Crippen molar-refractivity contribution in [3.05, 3.63) is 89.0 Å². The number of rotatable bonds is 5. The first-order chi connectivity index (χ1) is 22.3. The third-order valence-corrected chi connectivity index (χ3v) is 10.3. The third-order valence-electron chi connectivity index (χ3n) is 9.01. The monoisotopic (exact) mass is 637 g/mol. The number of thioether (sulfide) groups is 1. The molecule has 0 radical (unpaired) electrons. The molecule has 1 unspecified atom stereocenters. The number of aryl methyl sites for hydroxylation is 1. The van der Waals surface area contributed by atoms with Crippen LogP contribution in [-0.4, -0.2) is 82.6 Å². The van der Waals surface area contributed by atoms with Gasteiger partial charge in [0, 0.05) is 44.2 Å². The molecule has 1 atom stereocenters. The number of hydrogen-bond acceptors (Lipinski definition) is 7. The van der Waals surface area contributed by atoms with E-state index in [1.807, 2.05) is 72.3 Å². The zero-order valence-corrected chi connectivity index (χ0v) is 26.9. The van der Waals surface area contributed by atoms with Crippen LogP contribution in [0.25, 0.3) is 16.9 Å². The minimum absolute atomic E-state index is 0.00288. The van der Waals surface area contributed by atoms with Crippen LogP contribution in [0.3, 0.4) is 0 Å². The Morgan fingerprint density at radius 2 is 1.65 bits per heavy atom. The number of benzene rings is 3. The maximum atomic E-state index is 14.2. The van der Waals surface area contributed by atoms with Crippen molar-refractivity contribution in [2.24, 2.45) is 0 Å². The van der Waals surface area contributed by atoms with E-state index in [0.29, 0.717) is 43.5 Å². The van der Waals surface area contributed by atoms with Crippen LogP contribution < -0.4 is 14.4 Å². The number of aromatic nitrogens is 2. The molecule has 236 valence electrons. The molecule has 0 spiro atoms. The van der Waals surface area contributed by atoms with Crippen LogP contribution in [0.15, 0.2) is 66.7 Å². The van der Waals surface area contributed by atoms with Gasteiger partial charge < -0.3 is 19.3 Å². The fraction of sp³-hybridized carbons (Fsp3) is 0.314. The molecule has 11 heteroatoms. The van der Waals surface area contributed by atoms with Crippen molar-refractivity contribution >= 4 is 35.3 Å². The first-order valence-electron chi connectivity index (χ1n) is 15.4. The van der Waals surface area contributed by atoms with Gasteiger partial charge in [0.15, 0.2) is 11.5 Å². The molecule has 1 aromatic heterocycles. The first kappa shape index (κ1) is 29.9. The lowest BCUT2D eigenvalue weighted by Crippen LogP contribution is -2.53. The Morgan fingerprint density at radius 3 is 2.41 bits per heavy atom. The van der Waals surface area contributed by atoms with Gasteiger partial charge in [-0.3, -0.25) is 19.3 Å². The summed E-state index contributed by atoms with van der Waals surface area (Å²) < 4.78 is 13.2. The summed E-state index contributed by atoms with van der Waals surface area (Å²) in [6, 6.07) is 21.9. The molecule has 3 aliphatic heterocycles. The van der Waals surface area contributed by atoms with E-state index < -0.39 is 0 Å². The summed E-state index contributed by atoms with van der Waals surface area (Å²) >= 11 is 1.52.